The van der Waals surface area contributed by atoms with Gasteiger partial charge in [0.1, 0.15) is 18.8 Å². The Morgan fingerprint density at radius 1 is 0.573 bits per heavy atom. The molecule has 0 fully saturated rings. The van der Waals surface area contributed by atoms with Crippen molar-refractivity contribution in [2.24, 2.45) is 0 Å². The van der Waals surface area contributed by atoms with Crippen molar-refractivity contribution in [2.75, 3.05) is 53.5 Å². The maximum atomic E-state index is 15.1. The molecule has 0 spiro atoms. The van der Waals surface area contributed by atoms with Crippen LogP contribution < -0.4 is 52.5 Å². The fraction of sp³-hybridized carbons (Fsp3) is 0.431. The molecule has 4 aromatic heterocycles. The summed E-state index contributed by atoms with van der Waals surface area (Å²) < 4.78 is 59.4. The second-order valence-corrected chi connectivity index (χ2v) is 24.3. The molecular formula is C65H71F2N11O18. The van der Waals surface area contributed by atoms with E-state index in [1.807, 2.05) is 0 Å². The number of carbonyl (C=O) groups is 9. The van der Waals surface area contributed by atoms with Gasteiger partial charge in [0.2, 0.25) is 35.4 Å². The molecule has 2 atom stereocenters. The summed E-state index contributed by atoms with van der Waals surface area (Å²) in [6.45, 7) is 5.58. The summed E-state index contributed by atoms with van der Waals surface area (Å²) in [5.41, 5.74) is -2.60. The van der Waals surface area contributed by atoms with Crippen molar-refractivity contribution in [1.29, 1.82) is 0 Å². The van der Waals surface area contributed by atoms with Crippen LogP contribution in [0.3, 0.4) is 0 Å². The topological polar surface area (TPSA) is 385 Å². The average molecular weight is 1330 g/mol. The molecule has 508 valence electrons. The first-order valence-electron chi connectivity index (χ1n) is 30.9. The highest BCUT2D eigenvalue weighted by Crippen LogP contribution is 2.43. The van der Waals surface area contributed by atoms with E-state index in [0.717, 1.165) is 12.1 Å². The molecule has 0 unspecified atom stereocenters. The van der Waals surface area contributed by atoms with E-state index in [1.165, 1.54) is 52.5 Å². The first-order valence-corrected chi connectivity index (χ1v) is 30.9. The van der Waals surface area contributed by atoms with Crippen LogP contribution >= 0.6 is 0 Å². The van der Waals surface area contributed by atoms with Gasteiger partial charge in [-0.15, -0.1) is 0 Å². The van der Waals surface area contributed by atoms with Crippen molar-refractivity contribution >= 4 is 75.3 Å². The van der Waals surface area contributed by atoms with Crippen LogP contribution in [0.15, 0.2) is 46.0 Å². The van der Waals surface area contributed by atoms with Gasteiger partial charge in [-0.3, -0.25) is 38.4 Å². The summed E-state index contributed by atoms with van der Waals surface area (Å²) in [5, 5.41) is 39.1. The number of aliphatic hydroxyl groups is 2. The smallest absolute Gasteiger partial charge is 0.410 e. The molecular weight excluding hydrogens is 1260 g/mol. The van der Waals surface area contributed by atoms with E-state index in [9.17, 15) is 63.0 Å². The number of cyclic esters (lactones) is 2. The third kappa shape index (κ3) is 13.6. The molecule has 29 nitrogen and oxygen atoms in total. The third-order valence-corrected chi connectivity index (χ3v) is 17.2. The molecule has 0 saturated heterocycles. The number of methoxy groups -OCH3 is 2. The van der Waals surface area contributed by atoms with Gasteiger partial charge in [0.05, 0.1) is 85.3 Å². The predicted molar refractivity (Wildman–Crippen MR) is 334 cm³/mol. The fourth-order valence-electron chi connectivity index (χ4n) is 12.0. The summed E-state index contributed by atoms with van der Waals surface area (Å²) >= 11 is 0. The number of hydrogen-bond donors (Lipinski definition) is 8. The van der Waals surface area contributed by atoms with E-state index in [4.69, 9.17) is 23.7 Å². The van der Waals surface area contributed by atoms with Gasteiger partial charge < -0.3 is 79.8 Å². The number of carbonyl (C=O) groups excluding carboxylic acids is 9. The molecule has 4 aliphatic heterocycles. The average Bonchev–Trinajstić information content (AvgIpc) is 1.53. The highest BCUT2D eigenvalue weighted by molar-refractivity contribution is 5.94. The van der Waals surface area contributed by atoms with Crippen molar-refractivity contribution in [3.8, 4) is 34.3 Å². The molecule has 7 amide bonds. The molecule has 0 bridgehead atoms. The highest BCUT2D eigenvalue weighted by Gasteiger charge is 2.47. The largest absolute Gasteiger partial charge is 0.494 e. The minimum atomic E-state index is -2.09. The Kier molecular flexibility index (Phi) is 19.6. The molecule has 0 saturated carbocycles. The Balaban J connectivity index is 0.668. The molecule has 6 aromatic rings. The molecule has 4 aliphatic rings. The molecule has 2 aromatic carbocycles. The van der Waals surface area contributed by atoms with Crippen molar-refractivity contribution in [1.82, 2.24) is 55.9 Å². The van der Waals surface area contributed by atoms with E-state index in [1.54, 1.807) is 34.6 Å². The van der Waals surface area contributed by atoms with E-state index in [-0.39, 0.29) is 172 Å². The predicted octanol–water partition coefficient (Wildman–Crippen LogP) is 1.96. The number of nitrogens with zero attached hydrogens (tertiary/aromatic N) is 5. The molecule has 10 rings (SSSR count). The SMILES string of the molecule is CC[C@@]1(O)C(=O)OCc2c1cc1n(c2=O)Cc2c-1nc1cc(F)c(OC)cc1c2CNC(=O)CNC(=O)CCC(=O)NCCN(CCNC(=O)CCC(=O)NCC(=O)NCc1c2c(nc3cc(F)c(OC)cc13)-c1cc3c(c(=O)n1C2)COC(=O)[C@]3(O)CC)C(=O)OC(C)(C)C. The van der Waals surface area contributed by atoms with Gasteiger partial charge in [-0.1, -0.05) is 13.8 Å². The third-order valence-electron chi connectivity index (χ3n) is 17.2. The number of rotatable bonds is 24. The quantitative estimate of drug-likeness (QED) is 0.0317. The Morgan fingerprint density at radius 2 is 0.958 bits per heavy atom. The van der Waals surface area contributed by atoms with Crippen molar-refractivity contribution in [3.63, 3.8) is 0 Å². The monoisotopic (exact) mass is 1330 g/mol. The second-order valence-electron chi connectivity index (χ2n) is 24.3. The zero-order valence-corrected chi connectivity index (χ0v) is 53.6. The minimum Gasteiger partial charge on any atom is -0.494 e. The van der Waals surface area contributed by atoms with Gasteiger partial charge in [0.15, 0.2) is 34.3 Å². The first kappa shape index (κ1) is 68.4. The molecule has 96 heavy (non-hydrogen) atoms. The molecule has 0 aliphatic carbocycles. The number of amides is 7. The summed E-state index contributed by atoms with van der Waals surface area (Å²) in [7, 11) is 2.56. The summed E-state index contributed by atoms with van der Waals surface area (Å²) in [6, 6.07) is 8.11. The van der Waals surface area contributed by atoms with Gasteiger partial charge in [0.25, 0.3) is 11.1 Å². The number of pyridine rings is 4. The van der Waals surface area contributed by atoms with Crippen LogP contribution in [-0.2, 0) is 103 Å². The normalized spacial score (nSPS) is 16.3. The molecule has 8 heterocycles. The van der Waals surface area contributed by atoms with Gasteiger partial charge in [0, 0.05) is 110 Å². The lowest BCUT2D eigenvalue weighted by Crippen LogP contribution is -2.45. The standard InChI is InChI=1S/C65H71F2N11O18/c1-8-64(90)40-20-46-56-36(28-77(46)58(85)38(40)30-94-60(64)87)34(32-18-48(92-6)42(66)22-44(32)74-56)24-70-54(83)26-72-52(81)12-10-50(79)68-14-16-76(62(89)96-63(3,4)5)17-15-69-51(80)11-13-53(82)73-27-55(84)71-25-35-33-19-49(93-7)43(67)23-45(33)75-57-37(35)29-78-47(57)21-41-39(59(78)86)31-95-61(88)65(41,91)9-2/h18-23,90-91H,8-17,24-31H2,1-7H3,(H,68,79)(H,69,80)(H,70,83)(H,71,84)(H,72,81)(H,73,82)/t64-,65-/m0/s1. The van der Waals surface area contributed by atoms with E-state index in [2.05, 4.69) is 41.9 Å². The van der Waals surface area contributed by atoms with Gasteiger partial charge in [-0.2, -0.15) is 0 Å². The number of benzene rings is 2. The van der Waals surface area contributed by atoms with Crippen LogP contribution in [-0.4, -0.2) is 147 Å². The number of aromatic nitrogens is 4. The summed E-state index contributed by atoms with van der Waals surface area (Å²) in [5.74, 6) is -7.20. The number of hydrogen-bond acceptors (Lipinski definition) is 20. The second kappa shape index (κ2) is 27.5. The number of fused-ring (bicyclic) bond motifs is 10. The van der Waals surface area contributed by atoms with E-state index >= 15 is 8.78 Å². The minimum absolute atomic E-state index is 0.0349. The van der Waals surface area contributed by atoms with Crippen LogP contribution in [0.1, 0.15) is 118 Å². The summed E-state index contributed by atoms with van der Waals surface area (Å²) in [6.07, 6.45) is -2.19. The number of esters is 2. The lowest BCUT2D eigenvalue weighted by atomic mass is 9.86. The number of ether oxygens (including phenoxy) is 5. The van der Waals surface area contributed by atoms with Gasteiger partial charge in [-0.25, -0.2) is 33.1 Å². The molecule has 31 heteroatoms. The van der Waals surface area contributed by atoms with Crippen molar-refractivity contribution in [3.05, 3.63) is 113 Å². The Bertz CT molecular complexity index is 4130. The zero-order valence-electron chi connectivity index (χ0n) is 53.6. The first-order chi connectivity index (χ1) is 45.6. The van der Waals surface area contributed by atoms with Crippen molar-refractivity contribution in [2.45, 2.75) is 129 Å². The van der Waals surface area contributed by atoms with Crippen molar-refractivity contribution < 1.29 is 85.8 Å². The van der Waals surface area contributed by atoms with Crippen LogP contribution in [0.4, 0.5) is 13.6 Å². The Hall–Kier alpha value is -10.4. The zero-order chi connectivity index (χ0) is 69.3. The maximum absolute atomic E-state index is 15.1. The van der Waals surface area contributed by atoms with E-state index < -0.39 is 106 Å². The molecule has 8 N–H and O–H groups in total. The highest BCUT2D eigenvalue weighted by atomic mass is 19.1. The number of nitrogens with one attached hydrogen (secondary N) is 6. The van der Waals surface area contributed by atoms with Crippen LogP contribution in [0.25, 0.3) is 44.6 Å². The lowest BCUT2D eigenvalue weighted by Gasteiger charge is -2.31. The lowest BCUT2D eigenvalue weighted by molar-refractivity contribution is -0.172. The van der Waals surface area contributed by atoms with E-state index in [0.29, 0.717) is 33.0 Å². The van der Waals surface area contributed by atoms with Crippen LogP contribution in [0.2, 0.25) is 0 Å². The summed E-state index contributed by atoms with van der Waals surface area (Å²) in [4.78, 5) is 155. The van der Waals surface area contributed by atoms with Gasteiger partial charge in [-0.05, 0) is 69.0 Å². The Morgan fingerprint density at radius 3 is 1.32 bits per heavy atom. The number of halogens is 2. The Labute approximate surface area is 545 Å². The van der Waals surface area contributed by atoms with Crippen LogP contribution in [0.5, 0.6) is 11.5 Å². The van der Waals surface area contributed by atoms with Gasteiger partial charge >= 0.3 is 18.0 Å². The molecule has 0 radical (unpaired) electrons. The maximum Gasteiger partial charge on any atom is 0.410 e. The fourth-order valence-corrected chi connectivity index (χ4v) is 12.0. The van der Waals surface area contributed by atoms with Crippen LogP contribution in [0, 0.1) is 11.6 Å².